The number of hydrogen-bond donors (Lipinski definition) is 2. The van der Waals surface area contributed by atoms with Gasteiger partial charge in [0.25, 0.3) is 5.91 Å². The molecule has 1 aliphatic heterocycles. The molecule has 3 rings (SSSR count). The van der Waals surface area contributed by atoms with Gasteiger partial charge in [0, 0.05) is 23.2 Å². The summed E-state index contributed by atoms with van der Waals surface area (Å²) in [4.78, 5) is 12.7. The Labute approximate surface area is 160 Å². The van der Waals surface area contributed by atoms with Crippen molar-refractivity contribution in [1.29, 1.82) is 0 Å². The first-order chi connectivity index (χ1) is 12.7. The number of nitrogens with one attached hydrogen (secondary N) is 2. The van der Waals surface area contributed by atoms with Crippen LogP contribution in [0, 0.1) is 0 Å². The highest BCUT2D eigenvalue weighted by Gasteiger charge is 2.34. The zero-order valence-electron chi connectivity index (χ0n) is 15.7. The number of amides is 1. The summed E-state index contributed by atoms with van der Waals surface area (Å²) in [7, 11) is -3.34. The highest BCUT2D eigenvalue weighted by molar-refractivity contribution is 7.92. The summed E-state index contributed by atoms with van der Waals surface area (Å²) in [6.07, 6.45) is 0.657. The van der Waals surface area contributed by atoms with E-state index in [9.17, 15) is 13.2 Å². The lowest BCUT2D eigenvalue weighted by Crippen LogP contribution is -2.41. The third-order valence-electron chi connectivity index (χ3n) is 4.48. The fraction of sp³-hybridized carbons (Fsp3) is 0.350. The first-order valence-corrected chi connectivity index (χ1v) is 10.5. The number of anilines is 1. The van der Waals surface area contributed by atoms with Gasteiger partial charge in [0.1, 0.15) is 11.4 Å². The maximum absolute atomic E-state index is 12.7. The second-order valence-corrected chi connectivity index (χ2v) is 9.22. The van der Waals surface area contributed by atoms with Gasteiger partial charge in [-0.25, -0.2) is 8.42 Å². The van der Waals surface area contributed by atoms with Crippen molar-refractivity contribution in [3.63, 3.8) is 0 Å². The average molecular weight is 388 g/mol. The fourth-order valence-corrected chi connectivity index (χ4v) is 3.75. The van der Waals surface area contributed by atoms with Gasteiger partial charge in [-0.2, -0.15) is 0 Å². The van der Waals surface area contributed by atoms with Crippen LogP contribution >= 0.6 is 0 Å². The molecule has 1 aliphatic rings. The Hall–Kier alpha value is -2.54. The zero-order chi connectivity index (χ0) is 19.7. The van der Waals surface area contributed by atoms with E-state index >= 15 is 0 Å². The third kappa shape index (κ3) is 4.60. The fourth-order valence-electron chi connectivity index (χ4n) is 3.11. The van der Waals surface area contributed by atoms with Gasteiger partial charge in [-0.15, -0.1) is 0 Å². The molecule has 2 aromatic rings. The summed E-state index contributed by atoms with van der Waals surface area (Å²) in [6.45, 7) is 5.56. The maximum atomic E-state index is 12.7. The molecule has 0 aliphatic carbocycles. The van der Waals surface area contributed by atoms with Gasteiger partial charge in [-0.1, -0.05) is 18.2 Å². The number of ether oxygens (including phenoxy) is 1. The van der Waals surface area contributed by atoms with Crippen molar-refractivity contribution < 1.29 is 17.9 Å². The minimum absolute atomic E-state index is 0.00577. The van der Waals surface area contributed by atoms with Gasteiger partial charge < -0.3 is 10.1 Å². The number of carbonyl (C=O) groups is 1. The van der Waals surface area contributed by atoms with E-state index in [4.69, 9.17) is 4.74 Å². The van der Waals surface area contributed by atoms with E-state index < -0.39 is 10.0 Å². The Morgan fingerprint density at radius 2 is 1.81 bits per heavy atom. The van der Waals surface area contributed by atoms with Crippen LogP contribution < -0.4 is 14.8 Å². The molecule has 1 heterocycles. The van der Waals surface area contributed by atoms with Crippen molar-refractivity contribution in [2.45, 2.75) is 38.8 Å². The quantitative estimate of drug-likeness (QED) is 0.821. The van der Waals surface area contributed by atoms with Crippen LogP contribution in [0.5, 0.6) is 5.75 Å². The topological polar surface area (TPSA) is 84.5 Å². The molecule has 0 radical (unpaired) electrons. The first-order valence-electron chi connectivity index (χ1n) is 8.88. The van der Waals surface area contributed by atoms with Gasteiger partial charge in [-0.05, 0) is 51.1 Å². The van der Waals surface area contributed by atoms with E-state index in [1.54, 1.807) is 31.2 Å². The molecule has 1 atom stereocenters. The highest BCUT2D eigenvalue weighted by atomic mass is 32.2. The number of para-hydroxylation sites is 1. The third-order valence-corrected chi connectivity index (χ3v) is 5.79. The van der Waals surface area contributed by atoms with Crippen LogP contribution in [0.2, 0.25) is 0 Å². The summed E-state index contributed by atoms with van der Waals surface area (Å²) in [5.74, 6) is 0.564. The van der Waals surface area contributed by atoms with Crippen molar-refractivity contribution in [2.24, 2.45) is 0 Å². The highest BCUT2D eigenvalue weighted by Crippen LogP contribution is 2.39. The number of benzene rings is 2. The average Bonchev–Trinajstić information content (AvgIpc) is 2.61. The van der Waals surface area contributed by atoms with Crippen molar-refractivity contribution in [2.75, 3.05) is 10.5 Å². The molecule has 1 amide bonds. The van der Waals surface area contributed by atoms with Gasteiger partial charge in [0.05, 0.1) is 11.8 Å². The van der Waals surface area contributed by atoms with E-state index in [1.807, 2.05) is 38.1 Å². The monoisotopic (exact) mass is 388 g/mol. The number of sulfonamides is 1. The second kappa shape index (κ2) is 7.23. The molecule has 0 fully saturated rings. The molecule has 0 aromatic heterocycles. The molecule has 144 valence electrons. The largest absolute Gasteiger partial charge is 0.487 e. The van der Waals surface area contributed by atoms with E-state index in [0.717, 1.165) is 11.3 Å². The number of fused-ring (bicyclic) bond motifs is 1. The Balaban J connectivity index is 1.76. The van der Waals surface area contributed by atoms with Crippen LogP contribution in [0.25, 0.3) is 0 Å². The first kappa shape index (κ1) is 19.2. The lowest BCUT2D eigenvalue weighted by Gasteiger charge is -2.37. The standard InChI is InChI=1S/C20H24N2O4S/c1-4-27(24,25)22-15-11-9-14(10-12-15)19(23)21-17-13-20(2,3)26-18-8-6-5-7-16(17)18/h5-12,17,22H,4,13H2,1-3H3,(H,21,23)/t17-/m0/s1. The van der Waals surface area contributed by atoms with Gasteiger partial charge in [-0.3, -0.25) is 9.52 Å². The predicted molar refractivity (Wildman–Crippen MR) is 105 cm³/mol. The van der Waals surface area contributed by atoms with Crippen molar-refractivity contribution in [3.05, 3.63) is 59.7 Å². The lowest BCUT2D eigenvalue weighted by atomic mass is 9.89. The molecule has 0 spiro atoms. The SMILES string of the molecule is CCS(=O)(=O)Nc1ccc(C(=O)N[C@H]2CC(C)(C)Oc3ccccc32)cc1. The molecule has 2 aromatic carbocycles. The maximum Gasteiger partial charge on any atom is 0.251 e. The smallest absolute Gasteiger partial charge is 0.251 e. The molecule has 0 saturated heterocycles. The number of carbonyl (C=O) groups excluding carboxylic acids is 1. The van der Waals surface area contributed by atoms with E-state index in [2.05, 4.69) is 10.0 Å². The summed E-state index contributed by atoms with van der Waals surface area (Å²) in [6, 6.07) is 13.9. The Morgan fingerprint density at radius 1 is 1.15 bits per heavy atom. The molecule has 27 heavy (non-hydrogen) atoms. The van der Waals surface area contributed by atoms with Crippen molar-refractivity contribution >= 4 is 21.6 Å². The van der Waals surface area contributed by atoms with Crippen LogP contribution in [0.4, 0.5) is 5.69 Å². The van der Waals surface area contributed by atoms with Gasteiger partial charge in [0.15, 0.2) is 0 Å². The van der Waals surface area contributed by atoms with Crippen LogP contribution in [0.15, 0.2) is 48.5 Å². The molecule has 6 nitrogen and oxygen atoms in total. The molecule has 0 bridgehead atoms. The van der Waals surface area contributed by atoms with Gasteiger partial charge in [0.2, 0.25) is 10.0 Å². The summed E-state index contributed by atoms with van der Waals surface area (Å²) in [5, 5.41) is 3.07. The van der Waals surface area contributed by atoms with Crippen LogP contribution in [-0.4, -0.2) is 25.7 Å². The van der Waals surface area contributed by atoms with Crippen LogP contribution in [0.3, 0.4) is 0 Å². The molecule has 0 unspecified atom stereocenters. The van der Waals surface area contributed by atoms with E-state index in [0.29, 0.717) is 17.7 Å². The lowest BCUT2D eigenvalue weighted by molar-refractivity contribution is 0.0619. The Bertz CT molecular complexity index is 937. The van der Waals surface area contributed by atoms with Crippen LogP contribution in [0.1, 0.15) is 49.2 Å². The summed E-state index contributed by atoms with van der Waals surface area (Å²) >= 11 is 0. The minimum atomic E-state index is -3.34. The number of hydrogen-bond acceptors (Lipinski definition) is 4. The normalized spacial score (nSPS) is 18.1. The van der Waals surface area contributed by atoms with Crippen molar-refractivity contribution in [1.82, 2.24) is 5.32 Å². The van der Waals surface area contributed by atoms with E-state index in [-0.39, 0.29) is 23.3 Å². The summed E-state index contributed by atoms with van der Waals surface area (Å²) in [5.41, 5.74) is 1.48. The van der Waals surface area contributed by atoms with E-state index in [1.165, 1.54) is 0 Å². The zero-order valence-corrected chi connectivity index (χ0v) is 16.5. The number of rotatable bonds is 5. The molecule has 7 heteroatoms. The Morgan fingerprint density at radius 3 is 2.48 bits per heavy atom. The molecular weight excluding hydrogens is 364 g/mol. The summed E-state index contributed by atoms with van der Waals surface area (Å²) < 4.78 is 31.7. The molecule has 0 saturated carbocycles. The van der Waals surface area contributed by atoms with Gasteiger partial charge >= 0.3 is 0 Å². The Kier molecular flexibility index (Phi) is 5.15. The minimum Gasteiger partial charge on any atom is -0.487 e. The molecular formula is C20H24N2O4S. The second-order valence-electron chi connectivity index (χ2n) is 7.21. The van der Waals surface area contributed by atoms with Crippen molar-refractivity contribution in [3.8, 4) is 5.75 Å². The predicted octanol–water partition coefficient (Wildman–Crippen LogP) is 3.48. The molecule has 2 N–H and O–H groups in total. The van der Waals surface area contributed by atoms with Crippen LogP contribution in [-0.2, 0) is 10.0 Å².